The average molecular weight is 98.1 g/mol. The summed E-state index contributed by atoms with van der Waals surface area (Å²) in [5.41, 5.74) is 0. The topological polar surface area (TPSA) is 15.3 Å². The van der Waals surface area contributed by atoms with Gasteiger partial charge in [0, 0.05) is 12.6 Å². The standard InChI is InChI=1S/C5H10N2/c1-7-3-4-2-5(7)6-4/h4-6H,2-3H2,1H3. The molecule has 2 nitrogen and oxygen atoms in total. The Morgan fingerprint density at radius 1 is 1.71 bits per heavy atom. The third-order valence-corrected chi connectivity index (χ3v) is 1.98. The second-order valence-electron chi connectivity index (χ2n) is 2.55. The molecule has 0 amide bonds. The summed E-state index contributed by atoms with van der Waals surface area (Å²) >= 11 is 0. The van der Waals surface area contributed by atoms with Crippen molar-refractivity contribution in [3.63, 3.8) is 0 Å². The Morgan fingerprint density at radius 2 is 2.43 bits per heavy atom. The summed E-state index contributed by atoms with van der Waals surface area (Å²) in [5, 5.41) is 3.39. The maximum absolute atomic E-state index is 3.39. The Labute approximate surface area is 43.5 Å². The van der Waals surface area contributed by atoms with Crippen LogP contribution in [0.5, 0.6) is 0 Å². The molecule has 3 aliphatic heterocycles. The maximum Gasteiger partial charge on any atom is 0.0613 e. The summed E-state index contributed by atoms with van der Waals surface area (Å²) in [7, 11) is 2.17. The van der Waals surface area contributed by atoms with Crippen molar-refractivity contribution in [2.24, 2.45) is 0 Å². The highest BCUT2D eigenvalue weighted by Crippen LogP contribution is 2.23. The molecule has 0 aromatic carbocycles. The van der Waals surface area contributed by atoms with Gasteiger partial charge >= 0.3 is 0 Å². The number of hydrogen-bond donors (Lipinski definition) is 1. The fourth-order valence-corrected chi connectivity index (χ4v) is 1.43. The van der Waals surface area contributed by atoms with Crippen LogP contribution in [0, 0.1) is 0 Å². The van der Waals surface area contributed by atoms with E-state index in [-0.39, 0.29) is 0 Å². The van der Waals surface area contributed by atoms with Gasteiger partial charge in [0.2, 0.25) is 0 Å². The number of likely N-dealkylation sites (N-methyl/N-ethyl adjacent to an activating group) is 1. The molecular weight excluding hydrogens is 88.1 g/mol. The molecule has 40 valence electrons. The van der Waals surface area contributed by atoms with E-state index < -0.39 is 0 Å². The molecule has 3 aliphatic rings. The lowest BCUT2D eigenvalue weighted by molar-refractivity contribution is 0.257. The first-order valence-electron chi connectivity index (χ1n) is 2.82. The highest BCUT2D eigenvalue weighted by molar-refractivity contribution is 4.97. The first kappa shape index (κ1) is 3.87. The molecule has 2 bridgehead atoms. The quantitative estimate of drug-likeness (QED) is 0.444. The van der Waals surface area contributed by atoms with E-state index in [9.17, 15) is 0 Å². The molecular formula is C5H10N2. The molecule has 2 atom stereocenters. The first-order valence-corrected chi connectivity index (χ1v) is 2.82. The van der Waals surface area contributed by atoms with Crippen LogP contribution in [0.4, 0.5) is 0 Å². The highest BCUT2D eigenvalue weighted by atomic mass is 15.4. The fraction of sp³-hybridized carbons (Fsp3) is 1.00. The van der Waals surface area contributed by atoms with E-state index in [0.717, 1.165) is 12.2 Å². The van der Waals surface area contributed by atoms with Crippen LogP contribution in [0.2, 0.25) is 0 Å². The minimum atomic E-state index is 0.741. The summed E-state index contributed by atoms with van der Waals surface area (Å²) in [6.45, 7) is 1.27. The SMILES string of the molecule is CN1CC2CC1N2. The average Bonchev–Trinajstić information content (AvgIpc) is 1.85. The zero-order valence-electron chi connectivity index (χ0n) is 4.52. The zero-order chi connectivity index (χ0) is 4.85. The lowest BCUT2D eigenvalue weighted by Gasteiger charge is -2.25. The van der Waals surface area contributed by atoms with E-state index in [1.807, 2.05) is 0 Å². The molecule has 2 unspecified atom stereocenters. The van der Waals surface area contributed by atoms with Crippen molar-refractivity contribution in [2.45, 2.75) is 18.6 Å². The highest BCUT2D eigenvalue weighted by Gasteiger charge is 2.39. The second kappa shape index (κ2) is 1.01. The number of nitrogens with zero attached hydrogens (tertiary/aromatic N) is 1. The smallest absolute Gasteiger partial charge is 0.0613 e. The van der Waals surface area contributed by atoms with Gasteiger partial charge in [0.25, 0.3) is 0 Å². The van der Waals surface area contributed by atoms with Crippen molar-refractivity contribution in [3.05, 3.63) is 0 Å². The van der Waals surface area contributed by atoms with Crippen LogP contribution < -0.4 is 5.32 Å². The van der Waals surface area contributed by atoms with Crippen molar-refractivity contribution >= 4 is 0 Å². The van der Waals surface area contributed by atoms with Gasteiger partial charge in [-0.15, -0.1) is 0 Å². The number of hydrogen-bond acceptors (Lipinski definition) is 2. The van der Waals surface area contributed by atoms with Crippen molar-refractivity contribution in [3.8, 4) is 0 Å². The third-order valence-electron chi connectivity index (χ3n) is 1.98. The van der Waals surface area contributed by atoms with Gasteiger partial charge in [0.15, 0.2) is 0 Å². The van der Waals surface area contributed by atoms with Crippen molar-refractivity contribution in [2.75, 3.05) is 13.6 Å². The summed E-state index contributed by atoms with van der Waals surface area (Å²) in [6, 6.07) is 0.843. The Bertz CT molecular complexity index is 86.1. The number of rotatable bonds is 0. The van der Waals surface area contributed by atoms with Gasteiger partial charge in [-0.25, -0.2) is 0 Å². The zero-order valence-corrected chi connectivity index (χ0v) is 4.52. The monoisotopic (exact) mass is 98.1 g/mol. The molecule has 0 aliphatic carbocycles. The van der Waals surface area contributed by atoms with Crippen LogP contribution in [0.25, 0.3) is 0 Å². The van der Waals surface area contributed by atoms with E-state index in [2.05, 4.69) is 17.3 Å². The Hall–Kier alpha value is -0.0800. The molecule has 3 rings (SSSR count). The lowest BCUT2D eigenvalue weighted by Crippen LogP contribution is -2.46. The van der Waals surface area contributed by atoms with Crippen LogP contribution in [0.1, 0.15) is 6.42 Å². The van der Waals surface area contributed by atoms with E-state index in [0.29, 0.717) is 0 Å². The molecule has 1 N–H and O–H groups in total. The summed E-state index contributed by atoms with van der Waals surface area (Å²) in [5.74, 6) is 0. The van der Waals surface area contributed by atoms with Crippen LogP contribution in [-0.2, 0) is 0 Å². The van der Waals surface area contributed by atoms with Crippen molar-refractivity contribution in [1.82, 2.24) is 10.2 Å². The molecule has 0 spiro atoms. The summed E-state index contributed by atoms with van der Waals surface area (Å²) in [4.78, 5) is 2.37. The Balaban J connectivity index is 2.13. The van der Waals surface area contributed by atoms with E-state index in [1.165, 1.54) is 13.0 Å². The maximum atomic E-state index is 3.39. The summed E-state index contributed by atoms with van der Waals surface area (Å²) in [6.07, 6.45) is 2.13. The number of nitrogens with one attached hydrogen (secondary N) is 1. The molecule has 7 heavy (non-hydrogen) atoms. The molecule has 0 aromatic rings. The van der Waals surface area contributed by atoms with Gasteiger partial charge in [-0.2, -0.15) is 0 Å². The van der Waals surface area contributed by atoms with Crippen molar-refractivity contribution < 1.29 is 0 Å². The van der Waals surface area contributed by atoms with Crippen LogP contribution in [0.3, 0.4) is 0 Å². The normalized spacial score (nSPS) is 49.3. The van der Waals surface area contributed by atoms with E-state index in [4.69, 9.17) is 0 Å². The van der Waals surface area contributed by atoms with Crippen LogP contribution in [-0.4, -0.2) is 30.7 Å². The fourth-order valence-electron chi connectivity index (χ4n) is 1.43. The summed E-state index contributed by atoms with van der Waals surface area (Å²) < 4.78 is 0. The Kier molecular flexibility index (Phi) is 0.557. The minimum absolute atomic E-state index is 0.741. The van der Waals surface area contributed by atoms with Crippen molar-refractivity contribution in [1.29, 1.82) is 0 Å². The van der Waals surface area contributed by atoms with E-state index >= 15 is 0 Å². The number of fused-ring (bicyclic) bond motifs is 1. The molecule has 2 heteroatoms. The van der Waals surface area contributed by atoms with E-state index in [1.54, 1.807) is 0 Å². The second-order valence-corrected chi connectivity index (χ2v) is 2.55. The predicted molar refractivity (Wildman–Crippen MR) is 28.0 cm³/mol. The Morgan fingerprint density at radius 3 is 2.57 bits per heavy atom. The molecule has 0 radical (unpaired) electrons. The lowest BCUT2D eigenvalue weighted by atomic mass is 10.1. The van der Waals surface area contributed by atoms with Gasteiger partial charge in [-0.1, -0.05) is 0 Å². The van der Waals surface area contributed by atoms with Gasteiger partial charge in [-0.3, -0.25) is 10.2 Å². The molecule has 0 saturated carbocycles. The molecule has 0 aromatic heterocycles. The van der Waals surface area contributed by atoms with Gasteiger partial charge in [0.1, 0.15) is 0 Å². The van der Waals surface area contributed by atoms with Gasteiger partial charge < -0.3 is 0 Å². The molecule has 3 fully saturated rings. The van der Waals surface area contributed by atoms with Gasteiger partial charge in [0.05, 0.1) is 6.17 Å². The minimum Gasteiger partial charge on any atom is -0.297 e. The first-order chi connectivity index (χ1) is 3.36. The molecule has 3 saturated heterocycles. The van der Waals surface area contributed by atoms with Gasteiger partial charge in [-0.05, 0) is 13.5 Å². The van der Waals surface area contributed by atoms with Crippen LogP contribution >= 0.6 is 0 Å². The predicted octanol–water partition coefficient (Wildman–Crippen LogP) is -0.380. The third kappa shape index (κ3) is 0.359. The molecule has 3 heterocycles. The largest absolute Gasteiger partial charge is 0.297 e. The van der Waals surface area contributed by atoms with Crippen LogP contribution in [0.15, 0.2) is 0 Å².